The Morgan fingerprint density at radius 3 is 2.65 bits per heavy atom. The van der Waals surface area contributed by atoms with Gasteiger partial charge < -0.3 is 5.73 Å². The third-order valence-corrected chi connectivity index (χ3v) is 2.58. The Hall–Kier alpha value is -2.43. The first-order chi connectivity index (χ1) is 8.24. The van der Waals surface area contributed by atoms with Gasteiger partial charge in [-0.1, -0.05) is 30.3 Å². The molecule has 5 nitrogen and oxygen atoms in total. The summed E-state index contributed by atoms with van der Waals surface area (Å²) in [5, 5.41) is 4.07. The largest absolute Gasteiger partial charge is 0.366 e. The normalized spacial score (nSPS) is 10.9. The molecule has 0 atom stereocenters. The Morgan fingerprint density at radius 1 is 1.12 bits per heavy atom. The fourth-order valence-corrected chi connectivity index (χ4v) is 1.78. The minimum absolute atomic E-state index is 0.241. The van der Waals surface area contributed by atoms with Crippen LogP contribution in [0.5, 0.6) is 0 Å². The summed E-state index contributed by atoms with van der Waals surface area (Å²) in [7, 11) is 0. The van der Waals surface area contributed by atoms with Gasteiger partial charge in [-0.3, -0.25) is 0 Å². The quantitative estimate of drug-likeness (QED) is 0.684. The monoisotopic (exact) mass is 225 g/mol. The van der Waals surface area contributed by atoms with E-state index in [1.807, 2.05) is 43.3 Å². The lowest BCUT2D eigenvalue weighted by atomic mass is 10.1. The van der Waals surface area contributed by atoms with Gasteiger partial charge >= 0.3 is 0 Å². The van der Waals surface area contributed by atoms with Gasteiger partial charge in [0.25, 0.3) is 5.78 Å². The van der Waals surface area contributed by atoms with E-state index in [0.29, 0.717) is 5.78 Å². The van der Waals surface area contributed by atoms with Crippen LogP contribution in [0, 0.1) is 6.92 Å². The van der Waals surface area contributed by atoms with Gasteiger partial charge in [0.05, 0.1) is 5.69 Å². The molecule has 3 rings (SSSR count). The van der Waals surface area contributed by atoms with E-state index in [0.717, 1.165) is 17.0 Å². The van der Waals surface area contributed by atoms with Gasteiger partial charge in [-0.25, -0.2) is 4.98 Å². The van der Waals surface area contributed by atoms with Crippen molar-refractivity contribution in [1.82, 2.24) is 19.6 Å². The first-order valence-electron chi connectivity index (χ1n) is 5.29. The molecule has 0 aliphatic rings. The van der Waals surface area contributed by atoms with E-state index in [9.17, 15) is 0 Å². The van der Waals surface area contributed by atoms with E-state index in [2.05, 4.69) is 15.1 Å². The van der Waals surface area contributed by atoms with Crippen LogP contribution in [0.3, 0.4) is 0 Å². The summed E-state index contributed by atoms with van der Waals surface area (Å²) in [4.78, 5) is 8.52. The lowest BCUT2D eigenvalue weighted by Crippen LogP contribution is -1.98. The molecule has 0 bridgehead atoms. The van der Waals surface area contributed by atoms with Crippen LogP contribution >= 0.6 is 0 Å². The Morgan fingerprint density at radius 2 is 1.88 bits per heavy atom. The van der Waals surface area contributed by atoms with Crippen molar-refractivity contribution in [2.45, 2.75) is 6.92 Å². The highest BCUT2D eigenvalue weighted by Crippen LogP contribution is 2.18. The standard InChI is InChI=1S/C12H11N5/c1-8-7-10(9-5-3-2-4-6-9)14-12-15-11(13)16-17(8)12/h2-7H,1H3,(H2,13,16). The summed E-state index contributed by atoms with van der Waals surface area (Å²) in [6, 6.07) is 11.9. The molecule has 0 saturated heterocycles. The van der Waals surface area contributed by atoms with Crippen LogP contribution < -0.4 is 5.73 Å². The van der Waals surface area contributed by atoms with Crippen LogP contribution in [0.15, 0.2) is 36.4 Å². The maximum atomic E-state index is 5.57. The van der Waals surface area contributed by atoms with Crippen LogP contribution in [0.2, 0.25) is 0 Å². The zero-order valence-electron chi connectivity index (χ0n) is 9.33. The number of anilines is 1. The van der Waals surface area contributed by atoms with Gasteiger partial charge in [-0.2, -0.15) is 9.50 Å². The second-order valence-corrected chi connectivity index (χ2v) is 3.83. The SMILES string of the molecule is Cc1cc(-c2ccccc2)nc2nc(N)nn12. The number of aromatic nitrogens is 4. The molecule has 5 heteroatoms. The van der Waals surface area contributed by atoms with Crippen molar-refractivity contribution in [1.29, 1.82) is 0 Å². The molecule has 2 N–H and O–H groups in total. The van der Waals surface area contributed by atoms with E-state index < -0.39 is 0 Å². The summed E-state index contributed by atoms with van der Waals surface area (Å²) < 4.78 is 1.64. The number of benzene rings is 1. The Balaban J connectivity index is 2.25. The molecule has 0 aliphatic carbocycles. The number of nitrogen functional groups attached to an aromatic ring is 1. The molecule has 2 aromatic heterocycles. The molecular weight excluding hydrogens is 214 g/mol. The third kappa shape index (κ3) is 1.61. The van der Waals surface area contributed by atoms with Gasteiger partial charge in [0.1, 0.15) is 0 Å². The van der Waals surface area contributed by atoms with E-state index >= 15 is 0 Å². The van der Waals surface area contributed by atoms with E-state index in [1.54, 1.807) is 4.52 Å². The summed E-state index contributed by atoms with van der Waals surface area (Å²) in [5.74, 6) is 0.771. The summed E-state index contributed by atoms with van der Waals surface area (Å²) >= 11 is 0. The molecule has 0 fully saturated rings. The Kier molecular flexibility index (Phi) is 2.04. The maximum Gasteiger partial charge on any atom is 0.254 e. The molecule has 3 aromatic rings. The predicted molar refractivity (Wildman–Crippen MR) is 65.4 cm³/mol. The zero-order valence-corrected chi connectivity index (χ0v) is 9.33. The second kappa shape index (κ2) is 3.55. The van der Waals surface area contributed by atoms with E-state index in [-0.39, 0.29) is 5.95 Å². The highest BCUT2D eigenvalue weighted by molar-refractivity contribution is 5.61. The first-order valence-corrected chi connectivity index (χ1v) is 5.29. The van der Waals surface area contributed by atoms with Gasteiger partial charge in [0.2, 0.25) is 5.95 Å². The van der Waals surface area contributed by atoms with Crippen LogP contribution in [-0.2, 0) is 0 Å². The number of fused-ring (bicyclic) bond motifs is 1. The zero-order chi connectivity index (χ0) is 11.8. The predicted octanol–water partition coefficient (Wildman–Crippen LogP) is 1.68. The molecule has 0 aliphatic heterocycles. The van der Waals surface area contributed by atoms with Crippen molar-refractivity contribution in [2.75, 3.05) is 5.73 Å². The molecule has 0 amide bonds. The van der Waals surface area contributed by atoms with Crippen LogP contribution in [0.1, 0.15) is 5.69 Å². The lowest BCUT2D eigenvalue weighted by Gasteiger charge is -2.03. The van der Waals surface area contributed by atoms with Gasteiger partial charge in [-0.05, 0) is 13.0 Å². The number of nitrogens with two attached hydrogens (primary N) is 1. The number of hydrogen-bond acceptors (Lipinski definition) is 4. The van der Waals surface area contributed by atoms with Gasteiger partial charge in [0.15, 0.2) is 0 Å². The minimum Gasteiger partial charge on any atom is -0.366 e. The molecule has 0 unspecified atom stereocenters. The minimum atomic E-state index is 0.241. The summed E-state index contributed by atoms with van der Waals surface area (Å²) in [6.45, 7) is 1.95. The van der Waals surface area contributed by atoms with Crippen LogP contribution in [-0.4, -0.2) is 19.6 Å². The molecule has 2 heterocycles. The Bertz CT molecular complexity index is 672. The average molecular weight is 225 g/mol. The van der Waals surface area contributed by atoms with Crippen molar-refractivity contribution in [3.63, 3.8) is 0 Å². The van der Waals surface area contributed by atoms with Gasteiger partial charge in [-0.15, -0.1) is 5.10 Å². The van der Waals surface area contributed by atoms with E-state index in [4.69, 9.17) is 5.73 Å². The molecule has 0 saturated carbocycles. The summed E-state index contributed by atoms with van der Waals surface area (Å²) in [5.41, 5.74) is 8.45. The molecule has 17 heavy (non-hydrogen) atoms. The molecular formula is C12H11N5. The molecule has 1 aromatic carbocycles. The van der Waals surface area contributed by atoms with Crippen molar-refractivity contribution in [2.24, 2.45) is 0 Å². The maximum absolute atomic E-state index is 5.57. The number of hydrogen-bond donors (Lipinski definition) is 1. The summed E-state index contributed by atoms with van der Waals surface area (Å²) in [6.07, 6.45) is 0. The van der Waals surface area contributed by atoms with E-state index in [1.165, 1.54) is 0 Å². The van der Waals surface area contributed by atoms with Crippen molar-refractivity contribution in [3.8, 4) is 11.3 Å². The Labute approximate surface area is 97.9 Å². The van der Waals surface area contributed by atoms with Crippen LogP contribution in [0.25, 0.3) is 17.0 Å². The molecule has 0 spiro atoms. The average Bonchev–Trinajstić information content (AvgIpc) is 2.71. The number of rotatable bonds is 1. The lowest BCUT2D eigenvalue weighted by molar-refractivity contribution is 0.900. The molecule has 0 radical (unpaired) electrons. The first kappa shape index (κ1) is 9.77. The highest BCUT2D eigenvalue weighted by Gasteiger charge is 2.07. The topological polar surface area (TPSA) is 69.1 Å². The smallest absolute Gasteiger partial charge is 0.254 e. The molecule has 84 valence electrons. The van der Waals surface area contributed by atoms with Gasteiger partial charge in [0, 0.05) is 11.3 Å². The third-order valence-electron chi connectivity index (χ3n) is 2.58. The number of aryl methyl sites for hydroxylation is 1. The van der Waals surface area contributed by atoms with Crippen molar-refractivity contribution in [3.05, 3.63) is 42.1 Å². The highest BCUT2D eigenvalue weighted by atomic mass is 15.4. The van der Waals surface area contributed by atoms with Crippen molar-refractivity contribution >= 4 is 11.7 Å². The van der Waals surface area contributed by atoms with Crippen LogP contribution in [0.4, 0.5) is 5.95 Å². The number of nitrogens with zero attached hydrogens (tertiary/aromatic N) is 4. The van der Waals surface area contributed by atoms with Crippen molar-refractivity contribution < 1.29 is 0 Å². The second-order valence-electron chi connectivity index (χ2n) is 3.83. The fourth-order valence-electron chi connectivity index (χ4n) is 1.78. The fraction of sp³-hybridized carbons (Fsp3) is 0.0833.